The van der Waals surface area contributed by atoms with E-state index in [0.717, 1.165) is 23.9 Å². The minimum Gasteiger partial charge on any atom is -0.396 e. The van der Waals surface area contributed by atoms with Crippen LogP contribution in [0.2, 0.25) is 0 Å². The van der Waals surface area contributed by atoms with E-state index in [4.69, 9.17) is 5.11 Å². The molecule has 106 valence electrons. The van der Waals surface area contributed by atoms with Crippen LogP contribution in [0.4, 0.5) is 5.69 Å². The van der Waals surface area contributed by atoms with Crippen LogP contribution in [0.1, 0.15) is 25.3 Å². The van der Waals surface area contributed by atoms with Gasteiger partial charge in [0.05, 0.1) is 4.92 Å². The van der Waals surface area contributed by atoms with Gasteiger partial charge in [0.15, 0.2) is 0 Å². The Balaban J connectivity index is 2.61. The van der Waals surface area contributed by atoms with Gasteiger partial charge in [0, 0.05) is 29.3 Å². The third kappa shape index (κ3) is 5.26. The second-order valence-corrected chi connectivity index (χ2v) is 5.36. The quantitative estimate of drug-likeness (QED) is 0.567. The van der Waals surface area contributed by atoms with Gasteiger partial charge in [0.1, 0.15) is 0 Å². The van der Waals surface area contributed by atoms with Gasteiger partial charge in [-0.1, -0.05) is 29.3 Å². The Morgan fingerprint density at radius 2 is 2.26 bits per heavy atom. The van der Waals surface area contributed by atoms with Crippen LogP contribution in [0.25, 0.3) is 0 Å². The molecule has 0 bridgehead atoms. The molecule has 0 spiro atoms. The molecule has 0 aliphatic rings. The molecule has 1 rings (SSSR count). The highest BCUT2D eigenvalue weighted by Crippen LogP contribution is 2.23. The molecule has 1 unspecified atom stereocenters. The van der Waals surface area contributed by atoms with Crippen molar-refractivity contribution in [3.8, 4) is 0 Å². The number of nitrogens with one attached hydrogen (secondary N) is 1. The van der Waals surface area contributed by atoms with Crippen molar-refractivity contribution in [2.45, 2.75) is 26.3 Å². The Hall–Kier alpha value is -0.980. The second-order valence-electron chi connectivity index (χ2n) is 4.45. The molecule has 1 aromatic carbocycles. The summed E-state index contributed by atoms with van der Waals surface area (Å²) in [5, 5.41) is 23.1. The molecule has 5 nitrogen and oxygen atoms in total. The summed E-state index contributed by atoms with van der Waals surface area (Å²) >= 11 is 3.32. The van der Waals surface area contributed by atoms with E-state index in [2.05, 4.69) is 28.2 Å². The highest BCUT2D eigenvalue weighted by molar-refractivity contribution is 9.10. The monoisotopic (exact) mass is 330 g/mol. The summed E-state index contributed by atoms with van der Waals surface area (Å²) in [6.07, 6.45) is 1.73. The summed E-state index contributed by atoms with van der Waals surface area (Å²) < 4.78 is 0.831. The number of aliphatic hydroxyl groups excluding tert-OH is 1. The first-order valence-electron chi connectivity index (χ1n) is 6.32. The Labute approximate surface area is 121 Å². The summed E-state index contributed by atoms with van der Waals surface area (Å²) in [6, 6.07) is 4.94. The summed E-state index contributed by atoms with van der Waals surface area (Å²) in [6.45, 7) is 3.46. The van der Waals surface area contributed by atoms with Gasteiger partial charge in [0.2, 0.25) is 0 Å². The average molecular weight is 331 g/mol. The fourth-order valence-corrected chi connectivity index (χ4v) is 2.33. The molecule has 0 aliphatic heterocycles. The summed E-state index contributed by atoms with van der Waals surface area (Å²) in [5.41, 5.74) is 0.795. The van der Waals surface area contributed by atoms with Crippen molar-refractivity contribution in [1.29, 1.82) is 0 Å². The molecule has 0 aliphatic carbocycles. The zero-order valence-electron chi connectivity index (χ0n) is 10.9. The van der Waals surface area contributed by atoms with E-state index in [9.17, 15) is 10.1 Å². The standard InChI is InChI=1S/C13H19BrN2O3/c1-2-10(5-6-17)8-15-9-11-7-12(14)3-4-13(11)16(18)19/h3-4,7,10,15,17H,2,5-6,8-9H2,1H3. The first-order valence-corrected chi connectivity index (χ1v) is 7.12. The van der Waals surface area contributed by atoms with E-state index in [-0.39, 0.29) is 17.2 Å². The molecule has 2 N–H and O–H groups in total. The second kappa shape index (κ2) is 8.24. The molecule has 0 aromatic heterocycles. The number of halogens is 1. The molecule has 19 heavy (non-hydrogen) atoms. The number of benzene rings is 1. The van der Waals surface area contributed by atoms with E-state index in [1.54, 1.807) is 12.1 Å². The lowest BCUT2D eigenvalue weighted by atomic mass is 10.0. The number of nitrogens with zero attached hydrogens (tertiary/aromatic N) is 1. The van der Waals surface area contributed by atoms with Crippen molar-refractivity contribution in [2.24, 2.45) is 5.92 Å². The number of rotatable bonds is 8. The van der Waals surface area contributed by atoms with E-state index in [1.165, 1.54) is 6.07 Å². The summed E-state index contributed by atoms with van der Waals surface area (Å²) in [5.74, 6) is 0.399. The largest absolute Gasteiger partial charge is 0.396 e. The molecule has 0 radical (unpaired) electrons. The van der Waals surface area contributed by atoms with Gasteiger partial charge >= 0.3 is 0 Å². The fourth-order valence-electron chi connectivity index (χ4n) is 1.92. The number of nitro benzene ring substituents is 1. The lowest BCUT2D eigenvalue weighted by Gasteiger charge is -2.14. The van der Waals surface area contributed by atoms with Gasteiger partial charge < -0.3 is 10.4 Å². The Kier molecular flexibility index (Phi) is 6.97. The predicted octanol–water partition coefficient (Wildman–Crippen LogP) is 2.86. The number of aliphatic hydroxyl groups is 1. The van der Waals surface area contributed by atoms with E-state index in [0.29, 0.717) is 18.0 Å². The lowest BCUT2D eigenvalue weighted by Crippen LogP contribution is -2.23. The lowest BCUT2D eigenvalue weighted by molar-refractivity contribution is -0.385. The Morgan fingerprint density at radius 3 is 2.84 bits per heavy atom. The van der Waals surface area contributed by atoms with Crippen molar-refractivity contribution < 1.29 is 10.0 Å². The Morgan fingerprint density at radius 1 is 1.53 bits per heavy atom. The van der Waals surface area contributed by atoms with E-state index >= 15 is 0 Å². The maximum absolute atomic E-state index is 10.9. The fraction of sp³-hybridized carbons (Fsp3) is 0.538. The van der Waals surface area contributed by atoms with Crippen molar-refractivity contribution in [3.05, 3.63) is 38.3 Å². The zero-order chi connectivity index (χ0) is 14.3. The van der Waals surface area contributed by atoms with Crippen LogP contribution in [0, 0.1) is 16.0 Å². The number of hydrogen-bond donors (Lipinski definition) is 2. The molecule has 0 heterocycles. The van der Waals surface area contributed by atoms with E-state index in [1.807, 2.05) is 0 Å². The third-order valence-electron chi connectivity index (χ3n) is 3.10. The van der Waals surface area contributed by atoms with Gasteiger partial charge in [-0.05, 0) is 31.0 Å². The smallest absolute Gasteiger partial charge is 0.273 e. The highest BCUT2D eigenvalue weighted by atomic mass is 79.9. The molecule has 0 amide bonds. The topological polar surface area (TPSA) is 75.4 Å². The van der Waals surface area contributed by atoms with Crippen LogP contribution in [0.15, 0.2) is 22.7 Å². The highest BCUT2D eigenvalue weighted by Gasteiger charge is 2.14. The molecule has 0 saturated heterocycles. The van der Waals surface area contributed by atoms with Crippen LogP contribution in [-0.2, 0) is 6.54 Å². The van der Waals surface area contributed by atoms with Gasteiger partial charge in [-0.15, -0.1) is 0 Å². The number of hydrogen-bond acceptors (Lipinski definition) is 4. The summed E-state index contributed by atoms with van der Waals surface area (Å²) in [7, 11) is 0. The molecule has 0 saturated carbocycles. The molecular formula is C13H19BrN2O3. The van der Waals surface area contributed by atoms with Crippen LogP contribution in [0.3, 0.4) is 0 Å². The van der Waals surface area contributed by atoms with Crippen molar-refractivity contribution in [3.63, 3.8) is 0 Å². The molecule has 6 heteroatoms. The maximum Gasteiger partial charge on any atom is 0.273 e. The third-order valence-corrected chi connectivity index (χ3v) is 3.59. The van der Waals surface area contributed by atoms with Gasteiger partial charge in [-0.25, -0.2) is 0 Å². The molecular weight excluding hydrogens is 312 g/mol. The average Bonchev–Trinajstić information content (AvgIpc) is 2.37. The molecule has 0 fully saturated rings. The van der Waals surface area contributed by atoms with Crippen LogP contribution < -0.4 is 5.32 Å². The minimum absolute atomic E-state index is 0.130. The van der Waals surface area contributed by atoms with Crippen LogP contribution >= 0.6 is 15.9 Å². The first kappa shape index (κ1) is 16.1. The van der Waals surface area contributed by atoms with Gasteiger partial charge in [-0.3, -0.25) is 10.1 Å². The predicted molar refractivity (Wildman–Crippen MR) is 78.0 cm³/mol. The van der Waals surface area contributed by atoms with Crippen molar-refractivity contribution in [2.75, 3.05) is 13.2 Å². The maximum atomic E-state index is 10.9. The SMILES string of the molecule is CCC(CCO)CNCc1cc(Br)ccc1[N+](=O)[O-]. The zero-order valence-corrected chi connectivity index (χ0v) is 12.5. The molecule has 1 aromatic rings. The van der Waals surface area contributed by atoms with Gasteiger partial charge in [-0.2, -0.15) is 0 Å². The summed E-state index contributed by atoms with van der Waals surface area (Å²) in [4.78, 5) is 10.6. The van der Waals surface area contributed by atoms with E-state index < -0.39 is 0 Å². The van der Waals surface area contributed by atoms with Crippen LogP contribution in [0.5, 0.6) is 0 Å². The van der Waals surface area contributed by atoms with Crippen molar-refractivity contribution >= 4 is 21.6 Å². The van der Waals surface area contributed by atoms with Gasteiger partial charge in [0.25, 0.3) is 5.69 Å². The Bertz CT molecular complexity index is 426. The normalized spacial score (nSPS) is 12.4. The van der Waals surface area contributed by atoms with Crippen LogP contribution in [-0.4, -0.2) is 23.2 Å². The first-order chi connectivity index (χ1) is 9.08. The minimum atomic E-state index is -0.367. The number of nitro groups is 1. The molecule has 1 atom stereocenters. The van der Waals surface area contributed by atoms with Crippen molar-refractivity contribution in [1.82, 2.24) is 5.32 Å².